The van der Waals surface area contributed by atoms with E-state index in [0.717, 1.165) is 29.7 Å². The summed E-state index contributed by atoms with van der Waals surface area (Å²) in [4.78, 5) is 27.8. The third kappa shape index (κ3) is 3.83. The van der Waals surface area contributed by atoms with E-state index < -0.39 is 17.7 Å². The molecule has 5 rings (SSSR count). The van der Waals surface area contributed by atoms with E-state index in [1.165, 1.54) is 4.90 Å². The molecule has 0 saturated carbocycles. The van der Waals surface area contributed by atoms with Crippen molar-refractivity contribution in [3.63, 3.8) is 0 Å². The molecular weight excluding hydrogens is 434 g/mol. The quantitative estimate of drug-likeness (QED) is 0.342. The van der Waals surface area contributed by atoms with Gasteiger partial charge in [0.05, 0.1) is 19.3 Å². The molecular formula is C27H25NO6. The zero-order valence-corrected chi connectivity index (χ0v) is 19.0. The lowest BCUT2D eigenvalue weighted by molar-refractivity contribution is -0.140. The van der Waals surface area contributed by atoms with Gasteiger partial charge in [-0.2, -0.15) is 0 Å². The average molecular weight is 459 g/mol. The maximum absolute atomic E-state index is 13.2. The first-order valence-corrected chi connectivity index (χ1v) is 11.2. The van der Waals surface area contributed by atoms with Gasteiger partial charge in [0.25, 0.3) is 11.7 Å². The summed E-state index contributed by atoms with van der Waals surface area (Å²) >= 11 is 0. The SMILES string of the molecule is COc1ccc(CN2C(=O)C(=O)/C(=C(\O)c3ccc4c(c3)CCCO4)C2c2ccc(C)o2)cc1. The number of amides is 1. The van der Waals surface area contributed by atoms with E-state index in [1.54, 1.807) is 50.4 Å². The molecule has 2 aromatic carbocycles. The molecule has 1 unspecified atom stereocenters. The van der Waals surface area contributed by atoms with Gasteiger partial charge in [-0.05, 0) is 73.4 Å². The molecule has 2 aliphatic rings. The molecule has 34 heavy (non-hydrogen) atoms. The van der Waals surface area contributed by atoms with Crippen LogP contribution in [0, 0.1) is 6.92 Å². The molecule has 1 N–H and O–H groups in total. The van der Waals surface area contributed by atoms with Crippen LogP contribution in [-0.4, -0.2) is 35.4 Å². The minimum absolute atomic E-state index is 0.0181. The number of furan rings is 1. The van der Waals surface area contributed by atoms with Crippen LogP contribution in [0.25, 0.3) is 5.76 Å². The van der Waals surface area contributed by atoms with Gasteiger partial charge in [-0.15, -0.1) is 0 Å². The van der Waals surface area contributed by atoms with Crippen LogP contribution in [0.1, 0.15) is 40.7 Å². The van der Waals surface area contributed by atoms with E-state index >= 15 is 0 Å². The first-order valence-electron chi connectivity index (χ1n) is 11.2. The van der Waals surface area contributed by atoms with Crippen molar-refractivity contribution >= 4 is 17.4 Å². The second-order valence-electron chi connectivity index (χ2n) is 8.50. The summed E-state index contributed by atoms with van der Waals surface area (Å²) in [5.74, 6) is 0.908. The molecule has 174 valence electrons. The summed E-state index contributed by atoms with van der Waals surface area (Å²) in [6, 6.07) is 15.3. The summed E-state index contributed by atoms with van der Waals surface area (Å²) in [5, 5.41) is 11.3. The normalized spacial score (nSPS) is 19.1. The Morgan fingerprint density at radius 1 is 1.12 bits per heavy atom. The topological polar surface area (TPSA) is 89.2 Å². The number of benzene rings is 2. The lowest BCUT2D eigenvalue weighted by Crippen LogP contribution is -2.29. The highest BCUT2D eigenvalue weighted by Crippen LogP contribution is 2.41. The number of Topliss-reactive ketones (excluding diaryl/α,β-unsaturated/α-hetero) is 1. The standard InChI is InChI=1S/C27H25NO6/c1-16-5-11-22(34-16)24-23(25(29)19-8-12-21-18(14-19)4-3-13-33-21)26(30)27(31)28(24)15-17-6-9-20(32-2)10-7-17/h5-12,14,24,29H,3-4,13,15H2,1-2H3/b25-23-. The molecule has 7 heteroatoms. The maximum atomic E-state index is 13.2. The Morgan fingerprint density at radius 2 is 1.91 bits per heavy atom. The number of fused-ring (bicyclic) bond motifs is 1. The van der Waals surface area contributed by atoms with Crippen LogP contribution in [-0.2, 0) is 22.6 Å². The Hall–Kier alpha value is -4.00. The Morgan fingerprint density at radius 3 is 2.62 bits per heavy atom. The van der Waals surface area contributed by atoms with E-state index in [4.69, 9.17) is 13.9 Å². The lowest BCUT2D eigenvalue weighted by atomic mass is 9.96. The molecule has 1 saturated heterocycles. The van der Waals surface area contributed by atoms with Crippen LogP contribution < -0.4 is 9.47 Å². The summed E-state index contributed by atoms with van der Waals surface area (Å²) in [7, 11) is 1.58. The number of aryl methyl sites for hydroxylation is 2. The number of carbonyl (C=O) groups is 2. The van der Waals surface area contributed by atoms with E-state index in [0.29, 0.717) is 29.4 Å². The number of hydrogen-bond donors (Lipinski definition) is 1. The van der Waals surface area contributed by atoms with Crippen LogP contribution in [0.2, 0.25) is 0 Å². The average Bonchev–Trinajstić information content (AvgIpc) is 3.40. The van der Waals surface area contributed by atoms with Crippen molar-refractivity contribution in [2.24, 2.45) is 0 Å². The molecule has 0 aliphatic carbocycles. The first kappa shape index (κ1) is 21.8. The molecule has 1 amide bonds. The smallest absolute Gasteiger partial charge is 0.296 e. The van der Waals surface area contributed by atoms with Crippen molar-refractivity contribution in [3.8, 4) is 11.5 Å². The third-order valence-electron chi connectivity index (χ3n) is 6.26. The number of likely N-dealkylation sites (tertiary alicyclic amines) is 1. The number of rotatable bonds is 5. The second kappa shape index (κ2) is 8.74. The number of methoxy groups -OCH3 is 1. The minimum Gasteiger partial charge on any atom is -0.507 e. The molecule has 0 spiro atoms. The molecule has 1 fully saturated rings. The molecule has 2 aliphatic heterocycles. The second-order valence-corrected chi connectivity index (χ2v) is 8.50. The van der Waals surface area contributed by atoms with Gasteiger partial charge in [-0.3, -0.25) is 9.59 Å². The van der Waals surface area contributed by atoms with Crippen molar-refractivity contribution in [2.45, 2.75) is 32.4 Å². The number of carbonyl (C=O) groups excluding carboxylic acids is 2. The molecule has 0 radical (unpaired) electrons. The van der Waals surface area contributed by atoms with Gasteiger partial charge in [0.1, 0.15) is 34.8 Å². The van der Waals surface area contributed by atoms with E-state index in [9.17, 15) is 14.7 Å². The van der Waals surface area contributed by atoms with Gasteiger partial charge < -0.3 is 23.9 Å². The van der Waals surface area contributed by atoms with Crippen LogP contribution in [0.15, 0.2) is 64.6 Å². The van der Waals surface area contributed by atoms with Crippen molar-refractivity contribution in [1.29, 1.82) is 0 Å². The van der Waals surface area contributed by atoms with Crippen molar-refractivity contribution < 1.29 is 28.6 Å². The fourth-order valence-corrected chi connectivity index (χ4v) is 4.53. The summed E-state index contributed by atoms with van der Waals surface area (Å²) in [5.41, 5.74) is 2.28. The van der Waals surface area contributed by atoms with Crippen LogP contribution in [0.5, 0.6) is 11.5 Å². The maximum Gasteiger partial charge on any atom is 0.296 e. The fourth-order valence-electron chi connectivity index (χ4n) is 4.53. The summed E-state index contributed by atoms with van der Waals surface area (Å²) in [6.45, 7) is 2.63. The van der Waals surface area contributed by atoms with Crippen molar-refractivity contribution in [2.75, 3.05) is 13.7 Å². The van der Waals surface area contributed by atoms with Gasteiger partial charge in [-0.1, -0.05) is 12.1 Å². The first-order chi connectivity index (χ1) is 16.5. The van der Waals surface area contributed by atoms with Gasteiger partial charge >= 0.3 is 0 Å². The number of aliphatic hydroxyl groups is 1. The third-order valence-corrected chi connectivity index (χ3v) is 6.26. The molecule has 1 atom stereocenters. The predicted molar refractivity (Wildman–Crippen MR) is 125 cm³/mol. The zero-order chi connectivity index (χ0) is 23.8. The highest BCUT2D eigenvalue weighted by atomic mass is 16.5. The number of nitrogens with zero attached hydrogens (tertiary/aromatic N) is 1. The van der Waals surface area contributed by atoms with Gasteiger partial charge in [0, 0.05) is 12.1 Å². The predicted octanol–water partition coefficient (Wildman–Crippen LogP) is 4.54. The van der Waals surface area contributed by atoms with Crippen LogP contribution >= 0.6 is 0 Å². The monoisotopic (exact) mass is 459 g/mol. The molecule has 3 aromatic rings. The molecule has 7 nitrogen and oxygen atoms in total. The Bertz CT molecular complexity index is 1290. The molecule has 3 heterocycles. The number of ketones is 1. The minimum atomic E-state index is -0.844. The Labute approximate surface area is 197 Å². The van der Waals surface area contributed by atoms with Gasteiger partial charge in [-0.25, -0.2) is 0 Å². The lowest BCUT2D eigenvalue weighted by Gasteiger charge is -2.23. The largest absolute Gasteiger partial charge is 0.507 e. The fraction of sp³-hybridized carbons (Fsp3) is 0.259. The number of hydrogen-bond acceptors (Lipinski definition) is 6. The van der Waals surface area contributed by atoms with Crippen LogP contribution in [0.3, 0.4) is 0 Å². The summed E-state index contributed by atoms with van der Waals surface area (Å²) < 4.78 is 16.7. The summed E-state index contributed by atoms with van der Waals surface area (Å²) in [6.07, 6.45) is 1.71. The molecule has 0 bridgehead atoms. The zero-order valence-electron chi connectivity index (χ0n) is 19.0. The molecule has 1 aromatic heterocycles. The van der Waals surface area contributed by atoms with E-state index in [2.05, 4.69) is 0 Å². The number of aliphatic hydroxyl groups excluding tert-OH is 1. The van der Waals surface area contributed by atoms with Crippen molar-refractivity contribution in [1.82, 2.24) is 4.90 Å². The van der Waals surface area contributed by atoms with E-state index in [-0.39, 0.29) is 17.9 Å². The highest BCUT2D eigenvalue weighted by Gasteiger charge is 2.47. The van der Waals surface area contributed by atoms with Gasteiger partial charge in [0.15, 0.2) is 0 Å². The Kier molecular flexibility index (Phi) is 5.61. The Balaban J connectivity index is 1.59. The van der Waals surface area contributed by atoms with Crippen LogP contribution in [0.4, 0.5) is 0 Å². The van der Waals surface area contributed by atoms with E-state index in [1.807, 2.05) is 18.2 Å². The highest BCUT2D eigenvalue weighted by molar-refractivity contribution is 6.46. The van der Waals surface area contributed by atoms with Crippen molar-refractivity contribution in [3.05, 3.63) is 88.4 Å². The van der Waals surface area contributed by atoms with Gasteiger partial charge in [0.2, 0.25) is 0 Å². The number of ether oxygens (including phenoxy) is 2.